The molecule has 0 unspecified atom stereocenters. The number of anilines is 1. The molecule has 2 heterocycles. The van der Waals surface area contributed by atoms with E-state index in [1.807, 2.05) is 25.1 Å². The second-order valence-electron chi connectivity index (χ2n) is 5.37. The number of aliphatic hydroxyl groups is 1. The van der Waals surface area contributed by atoms with Crippen LogP contribution in [0, 0.1) is 6.92 Å². The lowest BCUT2D eigenvalue weighted by atomic mass is 10.2. The van der Waals surface area contributed by atoms with Gasteiger partial charge in [-0.1, -0.05) is 18.2 Å². The van der Waals surface area contributed by atoms with E-state index in [2.05, 4.69) is 15.4 Å². The van der Waals surface area contributed by atoms with Crippen LogP contribution in [0.4, 0.5) is 5.69 Å². The Hall–Kier alpha value is -3.00. The first-order valence-corrected chi connectivity index (χ1v) is 7.47. The quantitative estimate of drug-likeness (QED) is 0.712. The molecule has 3 aromatic rings. The highest BCUT2D eigenvalue weighted by atomic mass is 16.3. The number of carbonyl (C=O) groups excluding carboxylic acids is 1. The topological polar surface area (TPSA) is 102 Å². The van der Waals surface area contributed by atoms with Gasteiger partial charge in [-0.25, -0.2) is 9.67 Å². The molecule has 0 aliphatic carbocycles. The van der Waals surface area contributed by atoms with E-state index in [0.717, 1.165) is 5.56 Å². The normalized spacial score (nSPS) is 10.9. The van der Waals surface area contributed by atoms with Crippen LogP contribution in [0.2, 0.25) is 0 Å². The van der Waals surface area contributed by atoms with E-state index in [9.17, 15) is 9.59 Å². The van der Waals surface area contributed by atoms with Gasteiger partial charge in [-0.15, -0.1) is 0 Å². The van der Waals surface area contributed by atoms with Gasteiger partial charge in [0.2, 0.25) is 5.91 Å². The van der Waals surface area contributed by atoms with E-state index in [1.54, 1.807) is 6.07 Å². The number of amides is 1. The molecule has 24 heavy (non-hydrogen) atoms. The Morgan fingerprint density at radius 3 is 2.88 bits per heavy atom. The van der Waals surface area contributed by atoms with Crippen molar-refractivity contribution < 1.29 is 9.90 Å². The SMILES string of the molecule is Cc1ccccc1NC(=O)Cn1cnc2c(cnn2CCO)c1=O. The minimum Gasteiger partial charge on any atom is -0.394 e. The maximum atomic E-state index is 12.4. The zero-order chi connectivity index (χ0) is 17.1. The van der Waals surface area contributed by atoms with Gasteiger partial charge in [0.25, 0.3) is 5.56 Å². The van der Waals surface area contributed by atoms with Crippen molar-refractivity contribution in [3.05, 3.63) is 52.7 Å². The van der Waals surface area contributed by atoms with Crippen LogP contribution < -0.4 is 10.9 Å². The highest BCUT2D eigenvalue weighted by Gasteiger charge is 2.12. The Labute approximate surface area is 137 Å². The number of aliphatic hydroxyl groups excluding tert-OH is 1. The van der Waals surface area contributed by atoms with Gasteiger partial charge in [-0.2, -0.15) is 5.10 Å². The summed E-state index contributed by atoms with van der Waals surface area (Å²) in [5, 5.41) is 16.1. The molecule has 0 spiro atoms. The third-order valence-corrected chi connectivity index (χ3v) is 3.67. The van der Waals surface area contributed by atoms with Gasteiger partial charge in [0, 0.05) is 5.69 Å². The number of para-hydroxylation sites is 1. The van der Waals surface area contributed by atoms with Crippen LogP contribution in [0.5, 0.6) is 0 Å². The Bertz CT molecular complexity index is 944. The van der Waals surface area contributed by atoms with Crippen LogP contribution in [-0.4, -0.2) is 37.0 Å². The number of aromatic nitrogens is 4. The number of carbonyl (C=O) groups is 1. The number of fused-ring (bicyclic) bond motifs is 1. The summed E-state index contributed by atoms with van der Waals surface area (Å²) in [5.41, 5.74) is 1.70. The van der Waals surface area contributed by atoms with Crippen LogP contribution in [0.3, 0.4) is 0 Å². The smallest absolute Gasteiger partial charge is 0.264 e. The molecule has 8 nitrogen and oxygen atoms in total. The number of nitrogens with one attached hydrogen (secondary N) is 1. The number of hydrogen-bond acceptors (Lipinski definition) is 5. The molecule has 1 amide bonds. The summed E-state index contributed by atoms with van der Waals surface area (Å²) in [6.45, 7) is 1.92. The maximum Gasteiger partial charge on any atom is 0.264 e. The molecule has 8 heteroatoms. The highest BCUT2D eigenvalue weighted by Crippen LogP contribution is 2.13. The average molecular weight is 327 g/mol. The Balaban J connectivity index is 1.83. The van der Waals surface area contributed by atoms with Crippen molar-refractivity contribution in [3.63, 3.8) is 0 Å². The monoisotopic (exact) mass is 327 g/mol. The van der Waals surface area contributed by atoms with Gasteiger partial charge in [0.05, 0.1) is 19.3 Å². The summed E-state index contributed by atoms with van der Waals surface area (Å²) in [7, 11) is 0. The second-order valence-corrected chi connectivity index (χ2v) is 5.37. The second kappa shape index (κ2) is 6.63. The van der Waals surface area contributed by atoms with Crippen molar-refractivity contribution in [2.75, 3.05) is 11.9 Å². The van der Waals surface area contributed by atoms with E-state index in [1.165, 1.54) is 21.8 Å². The van der Waals surface area contributed by atoms with Crippen molar-refractivity contribution >= 4 is 22.6 Å². The molecule has 3 rings (SSSR count). The van der Waals surface area contributed by atoms with Crippen molar-refractivity contribution in [1.82, 2.24) is 19.3 Å². The lowest BCUT2D eigenvalue weighted by molar-refractivity contribution is -0.116. The minimum absolute atomic E-state index is 0.0968. The maximum absolute atomic E-state index is 12.4. The third-order valence-electron chi connectivity index (χ3n) is 3.67. The fourth-order valence-corrected chi connectivity index (χ4v) is 2.43. The van der Waals surface area contributed by atoms with Crippen LogP contribution in [0.15, 0.2) is 41.6 Å². The average Bonchev–Trinajstić information content (AvgIpc) is 2.97. The number of benzene rings is 1. The van der Waals surface area contributed by atoms with Crippen molar-refractivity contribution in [1.29, 1.82) is 0 Å². The van der Waals surface area contributed by atoms with Crippen molar-refractivity contribution in [2.24, 2.45) is 0 Å². The Morgan fingerprint density at radius 1 is 1.33 bits per heavy atom. The summed E-state index contributed by atoms with van der Waals surface area (Å²) >= 11 is 0. The van der Waals surface area contributed by atoms with Crippen molar-refractivity contribution in [3.8, 4) is 0 Å². The molecular formula is C16H17N5O3. The van der Waals surface area contributed by atoms with Gasteiger partial charge in [-0.05, 0) is 18.6 Å². The van der Waals surface area contributed by atoms with E-state index in [0.29, 0.717) is 16.7 Å². The molecule has 0 bridgehead atoms. The first-order chi connectivity index (χ1) is 11.6. The lowest BCUT2D eigenvalue weighted by Gasteiger charge is -2.09. The third kappa shape index (κ3) is 3.04. The van der Waals surface area contributed by atoms with Crippen LogP contribution in [0.1, 0.15) is 5.56 Å². The van der Waals surface area contributed by atoms with Crippen LogP contribution in [0.25, 0.3) is 11.0 Å². The zero-order valence-corrected chi connectivity index (χ0v) is 13.1. The standard InChI is InChI=1S/C16H17N5O3/c1-11-4-2-3-5-13(11)19-14(23)9-20-10-17-15-12(16(20)24)8-18-21(15)6-7-22/h2-5,8,10,22H,6-7,9H2,1H3,(H,19,23). The Kier molecular flexibility index (Phi) is 4.39. The van der Waals surface area contributed by atoms with E-state index < -0.39 is 0 Å². The first-order valence-electron chi connectivity index (χ1n) is 7.47. The van der Waals surface area contributed by atoms with Crippen LogP contribution in [-0.2, 0) is 17.9 Å². The summed E-state index contributed by atoms with van der Waals surface area (Å²) in [5.74, 6) is -0.310. The predicted octanol–water partition coefficient (Wildman–Crippen LogP) is 0.532. The highest BCUT2D eigenvalue weighted by molar-refractivity contribution is 5.91. The summed E-state index contributed by atoms with van der Waals surface area (Å²) in [6, 6.07) is 7.41. The largest absolute Gasteiger partial charge is 0.394 e. The van der Waals surface area contributed by atoms with Gasteiger partial charge in [-0.3, -0.25) is 14.2 Å². The molecule has 2 aromatic heterocycles. The lowest BCUT2D eigenvalue weighted by Crippen LogP contribution is -2.28. The number of rotatable bonds is 5. The fraction of sp³-hybridized carbons (Fsp3) is 0.250. The van der Waals surface area contributed by atoms with E-state index >= 15 is 0 Å². The molecular weight excluding hydrogens is 310 g/mol. The molecule has 0 atom stereocenters. The molecule has 0 fully saturated rings. The molecule has 124 valence electrons. The molecule has 2 N–H and O–H groups in total. The molecule has 0 saturated heterocycles. The summed E-state index contributed by atoms with van der Waals surface area (Å²) in [6.07, 6.45) is 2.72. The number of nitrogens with zero attached hydrogens (tertiary/aromatic N) is 4. The van der Waals surface area contributed by atoms with Gasteiger partial charge in [0.1, 0.15) is 18.3 Å². The van der Waals surface area contributed by atoms with Gasteiger partial charge in [0.15, 0.2) is 5.65 Å². The first kappa shape index (κ1) is 15.9. The molecule has 0 saturated carbocycles. The number of hydrogen-bond donors (Lipinski definition) is 2. The van der Waals surface area contributed by atoms with Gasteiger partial charge < -0.3 is 10.4 Å². The minimum atomic E-state index is -0.343. The summed E-state index contributed by atoms with van der Waals surface area (Å²) < 4.78 is 2.69. The predicted molar refractivity (Wildman–Crippen MR) is 88.7 cm³/mol. The van der Waals surface area contributed by atoms with Crippen LogP contribution >= 0.6 is 0 Å². The molecule has 1 aromatic carbocycles. The zero-order valence-electron chi connectivity index (χ0n) is 13.1. The van der Waals surface area contributed by atoms with Gasteiger partial charge >= 0.3 is 0 Å². The number of aryl methyl sites for hydroxylation is 1. The summed E-state index contributed by atoms with van der Waals surface area (Å²) in [4.78, 5) is 28.8. The van der Waals surface area contributed by atoms with Crippen molar-refractivity contribution in [2.45, 2.75) is 20.0 Å². The van der Waals surface area contributed by atoms with E-state index in [-0.39, 0.29) is 31.2 Å². The van der Waals surface area contributed by atoms with E-state index in [4.69, 9.17) is 5.11 Å². The fourth-order valence-electron chi connectivity index (χ4n) is 2.43. The molecule has 0 aliphatic heterocycles. The molecule has 0 aliphatic rings. The molecule has 0 radical (unpaired) electrons. The Morgan fingerprint density at radius 2 is 2.12 bits per heavy atom.